The molecule has 0 unspecified atom stereocenters. The number of hydrazine groups is 1. The Kier molecular flexibility index (Phi) is 7.90. The molecule has 4 rings (SSSR count). The highest BCUT2D eigenvalue weighted by Gasteiger charge is 2.15. The summed E-state index contributed by atoms with van der Waals surface area (Å²) in [5.74, 6) is 0.209. The third-order valence-corrected chi connectivity index (χ3v) is 6.91. The predicted octanol–water partition coefficient (Wildman–Crippen LogP) is 5.46. The van der Waals surface area contributed by atoms with Crippen LogP contribution in [-0.2, 0) is 10.0 Å². The summed E-state index contributed by atoms with van der Waals surface area (Å²) >= 11 is 0. The topological polar surface area (TPSA) is 96.5 Å². The summed E-state index contributed by atoms with van der Waals surface area (Å²) in [5, 5.41) is 0. The van der Waals surface area contributed by atoms with E-state index in [1.54, 1.807) is 12.1 Å². The van der Waals surface area contributed by atoms with Crippen LogP contribution in [-0.4, -0.2) is 20.9 Å². The van der Waals surface area contributed by atoms with Gasteiger partial charge in [0.25, 0.3) is 15.9 Å². The first-order chi connectivity index (χ1) is 17.9. The number of amides is 1. The monoisotopic (exact) mass is 513 g/mol. The number of sulfonamides is 1. The van der Waals surface area contributed by atoms with Crippen molar-refractivity contribution in [3.05, 3.63) is 121 Å². The quantitative estimate of drug-likeness (QED) is 0.245. The molecule has 7 nitrogen and oxygen atoms in total. The van der Waals surface area contributed by atoms with Crippen LogP contribution in [0.5, 0.6) is 5.75 Å². The van der Waals surface area contributed by atoms with Crippen LogP contribution in [0.1, 0.15) is 22.8 Å². The van der Waals surface area contributed by atoms with Gasteiger partial charge in [-0.2, -0.15) is 0 Å². The Bertz CT molecular complexity index is 1470. The number of hydrogen-bond donors (Lipinski definition) is 3. The molecular weight excluding hydrogens is 486 g/mol. The normalized spacial score (nSPS) is 10.8. The van der Waals surface area contributed by atoms with Gasteiger partial charge in [0.1, 0.15) is 5.75 Å². The van der Waals surface area contributed by atoms with E-state index in [9.17, 15) is 13.2 Å². The number of benzene rings is 4. The molecule has 0 aromatic heterocycles. The molecule has 188 valence electrons. The number of rotatable bonds is 10. The van der Waals surface area contributed by atoms with Crippen LogP contribution >= 0.6 is 0 Å². The summed E-state index contributed by atoms with van der Waals surface area (Å²) in [6.45, 7) is 6.33. The van der Waals surface area contributed by atoms with E-state index in [0.717, 1.165) is 16.7 Å². The van der Waals surface area contributed by atoms with Gasteiger partial charge in [-0.3, -0.25) is 20.4 Å². The number of nitrogens with one attached hydrogen (secondary N) is 3. The number of ether oxygens (including phenoxy) is 1. The molecule has 37 heavy (non-hydrogen) atoms. The molecule has 0 aliphatic heterocycles. The van der Waals surface area contributed by atoms with Gasteiger partial charge in [0.15, 0.2) is 0 Å². The first kappa shape index (κ1) is 25.5. The van der Waals surface area contributed by atoms with Crippen LogP contribution < -0.4 is 20.3 Å². The lowest BCUT2D eigenvalue weighted by Crippen LogP contribution is -2.35. The Morgan fingerprint density at radius 1 is 0.757 bits per heavy atom. The zero-order valence-electron chi connectivity index (χ0n) is 20.3. The van der Waals surface area contributed by atoms with Crippen LogP contribution in [0.25, 0.3) is 16.8 Å². The van der Waals surface area contributed by atoms with Crippen molar-refractivity contribution in [2.45, 2.75) is 11.8 Å². The van der Waals surface area contributed by atoms with Crippen molar-refractivity contribution in [1.29, 1.82) is 0 Å². The van der Waals surface area contributed by atoms with Crippen molar-refractivity contribution < 1.29 is 17.9 Å². The average molecular weight is 514 g/mol. The molecule has 3 N–H and O–H groups in total. The minimum Gasteiger partial charge on any atom is -0.494 e. The van der Waals surface area contributed by atoms with E-state index < -0.39 is 10.0 Å². The fourth-order valence-electron chi connectivity index (χ4n) is 3.56. The molecular formula is C29H27N3O4S. The Balaban J connectivity index is 1.32. The minimum absolute atomic E-state index is 0.109. The molecule has 4 aromatic carbocycles. The second kappa shape index (κ2) is 11.5. The van der Waals surface area contributed by atoms with Crippen LogP contribution in [0, 0.1) is 0 Å². The van der Waals surface area contributed by atoms with Crippen molar-refractivity contribution in [3.63, 3.8) is 0 Å². The second-order valence-corrected chi connectivity index (χ2v) is 9.77. The Hall–Kier alpha value is -4.56. The van der Waals surface area contributed by atoms with Crippen molar-refractivity contribution in [2.24, 2.45) is 0 Å². The van der Waals surface area contributed by atoms with E-state index >= 15 is 0 Å². The number of hydrogen-bond acceptors (Lipinski definition) is 5. The highest BCUT2D eigenvalue weighted by atomic mass is 32.2. The first-order valence-electron chi connectivity index (χ1n) is 11.6. The highest BCUT2D eigenvalue weighted by Crippen LogP contribution is 2.22. The first-order valence-corrected chi connectivity index (χ1v) is 13.1. The maximum atomic E-state index is 12.7. The fraction of sp³-hybridized carbons (Fsp3) is 0.0690. The lowest BCUT2D eigenvalue weighted by molar-refractivity contribution is 0.0942. The van der Waals surface area contributed by atoms with E-state index in [1.165, 1.54) is 36.4 Å². The van der Waals surface area contributed by atoms with E-state index in [4.69, 9.17) is 4.74 Å². The lowest BCUT2D eigenvalue weighted by atomic mass is 10.0. The molecule has 0 saturated heterocycles. The molecule has 0 aliphatic carbocycles. The van der Waals surface area contributed by atoms with Crippen molar-refractivity contribution in [3.8, 4) is 16.9 Å². The van der Waals surface area contributed by atoms with Crippen LogP contribution in [0.2, 0.25) is 0 Å². The smallest absolute Gasteiger partial charge is 0.269 e. The lowest BCUT2D eigenvalue weighted by Gasteiger charge is -2.13. The SMILES string of the molecule is C=C(NNC(=O)c1ccc(NS(=O)(=O)c2ccc(OCC)cc2)cc1)c1ccc(-c2ccccc2)cc1. The summed E-state index contributed by atoms with van der Waals surface area (Å²) in [4.78, 5) is 12.7. The zero-order valence-corrected chi connectivity index (χ0v) is 21.1. The Morgan fingerprint density at radius 2 is 1.35 bits per heavy atom. The maximum absolute atomic E-state index is 12.7. The molecule has 0 saturated carbocycles. The summed E-state index contributed by atoms with van der Waals surface area (Å²) in [7, 11) is -3.78. The van der Waals surface area contributed by atoms with Gasteiger partial charge in [-0.15, -0.1) is 0 Å². The number of carbonyl (C=O) groups is 1. The molecule has 0 atom stereocenters. The third kappa shape index (κ3) is 6.56. The standard InChI is InChI=1S/C29H27N3O4S/c1-3-36-27-17-19-28(20-18-27)37(34,35)32-26-15-13-25(14-16-26)29(33)31-30-21(2)22-9-11-24(12-10-22)23-7-5-4-6-8-23/h4-20,30,32H,2-3H2,1H3,(H,31,33). The van der Waals surface area contributed by atoms with Crippen LogP contribution in [0.3, 0.4) is 0 Å². The van der Waals surface area contributed by atoms with Crippen LogP contribution in [0.15, 0.2) is 115 Å². The molecule has 0 heterocycles. The zero-order chi connectivity index (χ0) is 26.3. The summed E-state index contributed by atoms with van der Waals surface area (Å²) < 4.78 is 33.2. The van der Waals surface area contributed by atoms with Gasteiger partial charge >= 0.3 is 0 Å². The number of carbonyl (C=O) groups excluding carboxylic acids is 1. The van der Waals surface area contributed by atoms with Gasteiger partial charge in [0, 0.05) is 11.3 Å². The maximum Gasteiger partial charge on any atom is 0.269 e. The van der Waals surface area contributed by atoms with E-state index in [1.807, 2.05) is 61.5 Å². The molecule has 0 aliphatic rings. The Labute approximate surface area is 216 Å². The summed E-state index contributed by atoms with van der Waals surface area (Å²) in [6.07, 6.45) is 0. The fourth-order valence-corrected chi connectivity index (χ4v) is 4.62. The van der Waals surface area contributed by atoms with Crippen molar-refractivity contribution in [1.82, 2.24) is 10.9 Å². The van der Waals surface area contributed by atoms with Gasteiger partial charge < -0.3 is 4.74 Å². The summed E-state index contributed by atoms with van der Waals surface area (Å²) in [6, 6.07) is 30.1. The third-order valence-electron chi connectivity index (χ3n) is 5.51. The van der Waals surface area contributed by atoms with Crippen LogP contribution in [0.4, 0.5) is 5.69 Å². The average Bonchev–Trinajstić information content (AvgIpc) is 2.93. The molecule has 0 radical (unpaired) electrons. The molecule has 4 aromatic rings. The van der Waals surface area contributed by atoms with Gasteiger partial charge in [-0.25, -0.2) is 8.42 Å². The number of anilines is 1. The molecule has 0 fully saturated rings. The van der Waals surface area contributed by atoms with E-state index in [0.29, 0.717) is 29.3 Å². The van der Waals surface area contributed by atoms with Gasteiger partial charge in [0.2, 0.25) is 0 Å². The molecule has 1 amide bonds. The minimum atomic E-state index is -3.78. The second-order valence-electron chi connectivity index (χ2n) is 8.09. The largest absolute Gasteiger partial charge is 0.494 e. The molecule has 0 spiro atoms. The highest BCUT2D eigenvalue weighted by molar-refractivity contribution is 7.92. The van der Waals surface area contributed by atoms with Gasteiger partial charge in [-0.1, -0.05) is 61.2 Å². The van der Waals surface area contributed by atoms with Crippen molar-refractivity contribution in [2.75, 3.05) is 11.3 Å². The van der Waals surface area contributed by atoms with Gasteiger partial charge in [-0.05, 0) is 72.1 Å². The van der Waals surface area contributed by atoms with Crippen molar-refractivity contribution >= 4 is 27.3 Å². The Morgan fingerprint density at radius 3 is 1.97 bits per heavy atom. The van der Waals surface area contributed by atoms with Gasteiger partial charge in [0.05, 0.1) is 17.2 Å². The van der Waals surface area contributed by atoms with E-state index in [-0.39, 0.29) is 10.8 Å². The van der Waals surface area contributed by atoms with E-state index in [2.05, 4.69) is 22.2 Å². The molecule has 0 bridgehead atoms. The summed E-state index contributed by atoms with van der Waals surface area (Å²) in [5.41, 5.74) is 9.69. The molecule has 8 heteroatoms. The predicted molar refractivity (Wildman–Crippen MR) is 146 cm³/mol.